The molecule has 3 rings (SSSR count). The highest BCUT2D eigenvalue weighted by molar-refractivity contribution is 5.79. The van der Waals surface area contributed by atoms with Crippen molar-refractivity contribution in [2.45, 2.75) is 31.7 Å². The second-order valence-electron chi connectivity index (χ2n) is 6.45. The molecule has 0 bridgehead atoms. The van der Waals surface area contributed by atoms with Gasteiger partial charge in [-0.25, -0.2) is 4.39 Å². The number of carbonyl (C=O) groups excluding carboxylic acids is 1. The van der Waals surface area contributed by atoms with Crippen LogP contribution in [0.3, 0.4) is 0 Å². The van der Waals surface area contributed by atoms with Crippen LogP contribution in [0.2, 0.25) is 0 Å². The predicted octanol–water partition coefficient (Wildman–Crippen LogP) is 2.08. The molecule has 1 amide bonds. The molecule has 2 saturated heterocycles. The van der Waals surface area contributed by atoms with E-state index in [1.54, 1.807) is 12.1 Å². The lowest BCUT2D eigenvalue weighted by Gasteiger charge is -2.39. The Morgan fingerprint density at radius 1 is 1.13 bits per heavy atom. The summed E-state index contributed by atoms with van der Waals surface area (Å²) in [6.07, 6.45) is 3.70. The summed E-state index contributed by atoms with van der Waals surface area (Å²) >= 11 is 0. The number of morpholine rings is 1. The zero-order valence-corrected chi connectivity index (χ0v) is 13.5. The summed E-state index contributed by atoms with van der Waals surface area (Å²) in [7, 11) is 0. The predicted molar refractivity (Wildman–Crippen MR) is 86.7 cm³/mol. The Bertz CT molecular complexity index is 514. The summed E-state index contributed by atoms with van der Waals surface area (Å²) in [5.41, 5.74) is 0.882. The first-order valence-electron chi connectivity index (χ1n) is 8.56. The van der Waals surface area contributed by atoms with Crippen LogP contribution in [-0.4, -0.2) is 61.1 Å². The van der Waals surface area contributed by atoms with E-state index >= 15 is 0 Å². The van der Waals surface area contributed by atoms with E-state index in [-0.39, 0.29) is 11.7 Å². The number of carbonyl (C=O) groups is 1. The monoisotopic (exact) mass is 320 g/mol. The van der Waals surface area contributed by atoms with Crippen LogP contribution in [0.1, 0.15) is 24.8 Å². The van der Waals surface area contributed by atoms with Crippen molar-refractivity contribution in [3.8, 4) is 0 Å². The van der Waals surface area contributed by atoms with Crippen molar-refractivity contribution >= 4 is 5.91 Å². The Kier molecular flexibility index (Phi) is 5.62. The lowest BCUT2D eigenvalue weighted by atomic mass is 10.00. The fourth-order valence-electron chi connectivity index (χ4n) is 3.48. The summed E-state index contributed by atoms with van der Waals surface area (Å²) in [6, 6.07) is 6.55. The highest BCUT2D eigenvalue weighted by atomic mass is 19.1. The maximum absolute atomic E-state index is 13.0. The SMILES string of the molecule is O=C(Cc1ccc(F)cc1)N1CCCC[C@H]1CN1CCOCC1. The van der Waals surface area contributed by atoms with Gasteiger partial charge in [-0.05, 0) is 37.0 Å². The fraction of sp³-hybridized carbons (Fsp3) is 0.611. The fourth-order valence-corrected chi connectivity index (χ4v) is 3.48. The summed E-state index contributed by atoms with van der Waals surface area (Å²) in [5.74, 6) is -0.0982. The van der Waals surface area contributed by atoms with Gasteiger partial charge in [-0.2, -0.15) is 0 Å². The lowest BCUT2D eigenvalue weighted by molar-refractivity contribution is -0.134. The van der Waals surface area contributed by atoms with Crippen LogP contribution in [0.25, 0.3) is 0 Å². The molecule has 1 aromatic rings. The Morgan fingerprint density at radius 2 is 1.87 bits per heavy atom. The van der Waals surface area contributed by atoms with Crippen LogP contribution in [0.4, 0.5) is 4.39 Å². The van der Waals surface area contributed by atoms with Gasteiger partial charge in [0.2, 0.25) is 5.91 Å². The standard InChI is InChI=1S/C18H25FN2O2/c19-16-6-4-15(5-7-16)13-18(22)21-8-2-1-3-17(21)14-20-9-11-23-12-10-20/h4-7,17H,1-3,8-14H2/t17-/m0/s1. The molecule has 2 aliphatic rings. The summed E-state index contributed by atoms with van der Waals surface area (Å²) < 4.78 is 18.4. The largest absolute Gasteiger partial charge is 0.379 e. The summed E-state index contributed by atoms with van der Waals surface area (Å²) in [5, 5.41) is 0. The number of hydrogen-bond acceptors (Lipinski definition) is 3. The van der Waals surface area contributed by atoms with E-state index in [0.717, 1.165) is 57.8 Å². The second-order valence-corrected chi connectivity index (χ2v) is 6.45. The van der Waals surface area contributed by atoms with E-state index in [9.17, 15) is 9.18 Å². The zero-order chi connectivity index (χ0) is 16.1. The van der Waals surface area contributed by atoms with Gasteiger partial charge in [-0.3, -0.25) is 9.69 Å². The van der Waals surface area contributed by atoms with Crippen molar-refractivity contribution in [1.82, 2.24) is 9.80 Å². The molecule has 1 atom stereocenters. The maximum Gasteiger partial charge on any atom is 0.227 e. The molecule has 23 heavy (non-hydrogen) atoms. The quantitative estimate of drug-likeness (QED) is 0.851. The summed E-state index contributed by atoms with van der Waals surface area (Å²) in [4.78, 5) is 17.1. The zero-order valence-electron chi connectivity index (χ0n) is 13.5. The normalized spacial score (nSPS) is 23.0. The van der Waals surface area contributed by atoms with Gasteiger partial charge in [0.15, 0.2) is 0 Å². The molecular formula is C18H25FN2O2. The molecule has 4 nitrogen and oxygen atoms in total. The van der Waals surface area contributed by atoms with E-state index in [4.69, 9.17) is 4.74 Å². The highest BCUT2D eigenvalue weighted by Gasteiger charge is 2.28. The van der Waals surface area contributed by atoms with Gasteiger partial charge in [0.1, 0.15) is 5.82 Å². The maximum atomic E-state index is 13.0. The average molecular weight is 320 g/mol. The number of ether oxygens (including phenoxy) is 1. The number of amides is 1. The van der Waals surface area contributed by atoms with E-state index in [1.165, 1.54) is 18.6 Å². The first-order chi connectivity index (χ1) is 11.2. The van der Waals surface area contributed by atoms with Gasteiger partial charge in [0, 0.05) is 32.2 Å². The first-order valence-corrected chi connectivity index (χ1v) is 8.56. The Balaban J connectivity index is 1.60. The number of rotatable bonds is 4. The topological polar surface area (TPSA) is 32.8 Å². The number of nitrogens with zero attached hydrogens (tertiary/aromatic N) is 2. The van der Waals surface area contributed by atoms with Crippen molar-refractivity contribution in [1.29, 1.82) is 0 Å². The minimum absolute atomic E-state index is 0.162. The molecule has 126 valence electrons. The Morgan fingerprint density at radius 3 is 2.61 bits per heavy atom. The molecule has 2 heterocycles. The van der Waals surface area contributed by atoms with Gasteiger partial charge in [0.05, 0.1) is 19.6 Å². The first kappa shape index (κ1) is 16.4. The lowest BCUT2D eigenvalue weighted by Crippen LogP contribution is -2.51. The molecule has 0 radical (unpaired) electrons. The van der Waals surface area contributed by atoms with Gasteiger partial charge in [-0.1, -0.05) is 12.1 Å². The van der Waals surface area contributed by atoms with Crippen LogP contribution >= 0.6 is 0 Å². The number of piperidine rings is 1. The molecule has 0 aromatic heterocycles. The second kappa shape index (κ2) is 7.88. The molecule has 0 saturated carbocycles. The van der Waals surface area contributed by atoms with Crippen molar-refractivity contribution in [3.63, 3.8) is 0 Å². The van der Waals surface area contributed by atoms with Crippen molar-refractivity contribution in [3.05, 3.63) is 35.6 Å². The molecular weight excluding hydrogens is 295 g/mol. The minimum Gasteiger partial charge on any atom is -0.379 e. The molecule has 0 spiro atoms. The average Bonchev–Trinajstić information content (AvgIpc) is 2.58. The molecule has 2 fully saturated rings. The molecule has 0 aliphatic carbocycles. The number of likely N-dealkylation sites (tertiary alicyclic amines) is 1. The number of benzene rings is 1. The Hall–Kier alpha value is -1.46. The van der Waals surface area contributed by atoms with Crippen LogP contribution in [0.15, 0.2) is 24.3 Å². The third-order valence-electron chi connectivity index (χ3n) is 4.79. The van der Waals surface area contributed by atoms with Crippen molar-refractivity contribution in [2.24, 2.45) is 0 Å². The molecule has 2 aliphatic heterocycles. The molecule has 1 aromatic carbocycles. The summed E-state index contributed by atoms with van der Waals surface area (Å²) in [6.45, 7) is 5.27. The smallest absolute Gasteiger partial charge is 0.227 e. The van der Waals surface area contributed by atoms with Crippen LogP contribution < -0.4 is 0 Å². The Labute approximate surface area is 137 Å². The molecule has 5 heteroatoms. The van der Waals surface area contributed by atoms with E-state index in [0.29, 0.717) is 12.5 Å². The van der Waals surface area contributed by atoms with Gasteiger partial charge in [-0.15, -0.1) is 0 Å². The van der Waals surface area contributed by atoms with E-state index in [2.05, 4.69) is 4.90 Å². The van der Waals surface area contributed by atoms with Crippen molar-refractivity contribution in [2.75, 3.05) is 39.4 Å². The molecule has 0 N–H and O–H groups in total. The van der Waals surface area contributed by atoms with Crippen molar-refractivity contribution < 1.29 is 13.9 Å². The third kappa shape index (κ3) is 4.52. The van der Waals surface area contributed by atoms with Crippen LogP contribution in [0.5, 0.6) is 0 Å². The van der Waals surface area contributed by atoms with E-state index < -0.39 is 0 Å². The van der Waals surface area contributed by atoms with Gasteiger partial charge >= 0.3 is 0 Å². The van der Waals surface area contributed by atoms with Crippen LogP contribution in [0, 0.1) is 5.82 Å². The van der Waals surface area contributed by atoms with Crippen LogP contribution in [-0.2, 0) is 16.0 Å². The van der Waals surface area contributed by atoms with E-state index in [1.807, 2.05) is 4.90 Å². The minimum atomic E-state index is -0.260. The number of halogens is 1. The van der Waals surface area contributed by atoms with Gasteiger partial charge < -0.3 is 9.64 Å². The third-order valence-corrected chi connectivity index (χ3v) is 4.79. The highest BCUT2D eigenvalue weighted by Crippen LogP contribution is 2.20. The molecule has 0 unspecified atom stereocenters. The van der Waals surface area contributed by atoms with Gasteiger partial charge in [0.25, 0.3) is 0 Å². The number of hydrogen-bond donors (Lipinski definition) is 0.